The highest BCUT2D eigenvalue weighted by molar-refractivity contribution is 6.74. The highest BCUT2D eigenvalue weighted by Crippen LogP contribution is 2.39. The minimum atomic E-state index is -1.89. The molecule has 0 saturated carbocycles. The minimum Gasteiger partial charge on any atom is -0.416 e. The van der Waals surface area contributed by atoms with Gasteiger partial charge in [0.15, 0.2) is 16.6 Å². The molecule has 0 amide bonds. The van der Waals surface area contributed by atoms with Gasteiger partial charge in [-0.3, -0.25) is 10.1 Å². The highest BCUT2D eigenvalue weighted by atomic mass is 28.4. The highest BCUT2D eigenvalue weighted by Gasteiger charge is 2.39. The average Bonchev–Trinajstić information content (AvgIpc) is 2.52. The van der Waals surface area contributed by atoms with Crippen LogP contribution in [0.25, 0.3) is 0 Å². The van der Waals surface area contributed by atoms with E-state index in [0.29, 0.717) is 13.2 Å². The molecule has 0 radical (unpaired) electrons. The third kappa shape index (κ3) is 6.50. The summed E-state index contributed by atoms with van der Waals surface area (Å²) in [6.45, 7) is 23.5. The fourth-order valence-corrected chi connectivity index (χ4v) is 4.26. The minimum absolute atomic E-state index is 0.0593. The van der Waals surface area contributed by atoms with E-state index in [1.807, 2.05) is 12.1 Å². The second-order valence-electron chi connectivity index (χ2n) is 10.7. The van der Waals surface area contributed by atoms with Crippen molar-refractivity contribution in [2.45, 2.75) is 83.7 Å². The van der Waals surface area contributed by atoms with Crippen molar-refractivity contribution in [3.63, 3.8) is 0 Å². The van der Waals surface area contributed by atoms with Crippen LogP contribution >= 0.6 is 0 Å². The van der Waals surface area contributed by atoms with E-state index in [-0.39, 0.29) is 26.6 Å². The number of nitro groups is 1. The Bertz CT molecular complexity index is 628. The molecule has 0 fully saturated rings. The number of hydrogen-bond donors (Lipinski definition) is 0. The molecular formula is C21H39NO4Si2. The summed E-state index contributed by atoms with van der Waals surface area (Å²) in [4.78, 5) is 10.6. The molecule has 0 aliphatic rings. The lowest BCUT2D eigenvalue weighted by Gasteiger charge is -2.39. The topological polar surface area (TPSA) is 61.6 Å². The quantitative estimate of drug-likeness (QED) is 0.263. The largest absolute Gasteiger partial charge is 0.416 e. The average molecular weight is 426 g/mol. The number of hydrogen-bond acceptors (Lipinski definition) is 4. The maximum Gasteiger partial charge on any atom is 0.269 e. The third-order valence-electron chi connectivity index (χ3n) is 6.48. The molecule has 7 heteroatoms. The van der Waals surface area contributed by atoms with Gasteiger partial charge in [-0.1, -0.05) is 53.7 Å². The molecule has 5 nitrogen and oxygen atoms in total. The molecule has 0 N–H and O–H groups in total. The standard InChI is InChI=1S/C21H39NO4Si2/c1-20(2,3)27(7,8)25-15-18(16-26-28(9,10)21(4,5)6)17-11-13-19(14-12-17)22(23)24/h11-14,18H,15-16H2,1-10H3. The number of rotatable bonds is 8. The summed E-state index contributed by atoms with van der Waals surface area (Å²) in [5.41, 5.74) is 1.14. The molecular weight excluding hydrogens is 386 g/mol. The van der Waals surface area contributed by atoms with Gasteiger partial charge in [-0.2, -0.15) is 0 Å². The van der Waals surface area contributed by atoms with Crippen molar-refractivity contribution in [3.8, 4) is 0 Å². The van der Waals surface area contributed by atoms with E-state index in [9.17, 15) is 10.1 Å². The van der Waals surface area contributed by atoms with Gasteiger partial charge >= 0.3 is 0 Å². The Morgan fingerprint density at radius 1 is 0.857 bits per heavy atom. The first-order chi connectivity index (χ1) is 12.5. The fourth-order valence-electron chi connectivity index (χ4n) is 2.16. The van der Waals surface area contributed by atoms with Gasteiger partial charge in [0.25, 0.3) is 5.69 Å². The Hall–Kier alpha value is -1.03. The normalized spacial score (nSPS) is 13.8. The van der Waals surface area contributed by atoms with E-state index >= 15 is 0 Å². The van der Waals surface area contributed by atoms with Crippen molar-refractivity contribution in [2.75, 3.05) is 13.2 Å². The SMILES string of the molecule is CC(C)(C)[Si](C)(C)OCC(CO[Si](C)(C)C(C)(C)C)c1ccc([N+](=O)[O-])cc1. The molecule has 0 heterocycles. The van der Waals surface area contributed by atoms with Crippen LogP contribution in [0.2, 0.25) is 36.3 Å². The molecule has 1 aromatic carbocycles. The number of nitro benzene ring substituents is 1. The molecule has 1 rings (SSSR count). The Kier molecular flexibility index (Phi) is 7.84. The van der Waals surface area contributed by atoms with Gasteiger partial charge < -0.3 is 8.85 Å². The molecule has 0 unspecified atom stereocenters. The van der Waals surface area contributed by atoms with Crippen LogP contribution in [-0.4, -0.2) is 34.8 Å². The second-order valence-corrected chi connectivity index (χ2v) is 20.3. The zero-order valence-electron chi connectivity index (χ0n) is 19.4. The summed E-state index contributed by atoms with van der Waals surface area (Å²) in [5.74, 6) is 0.0593. The molecule has 160 valence electrons. The molecule has 0 aliphatic carbocycles. The van der Waals surface area contributed by atoms with Gasteiger partial charge in [-0.15, -0.1) is 0 Å². The van der Waals surface area contributed by atoms with Crippen molar-refractivity contribution in [1.29, 1.82) is 0 Å². The van der Waals surface area contributed by atoms with Gasteiger partial charge in [-0.05, 0) is 41.8 Å². The van der Waals surface area contributed by atoms with E-state index < -0.39 is 16.6 Å². The van der Waals surface area contributed by atoms with Gasteiger partial charge in [0.05, 0.1) is 4.92 Å². The van der Waals surface area contributed by atoms with E-state index in [2.05, 4.69) is 67.7 Å². The van der Waals surface area contributed by atoms with E-state index in [1.165, 1.54) is 0 Å². The van der Waals surface area contributed by atoms with Crippen LogP contribution in [0, 0.1) is 10.1 Å². The predicted octanol–water partition coefficient (Wildman–Crippen LogP) is 6.72. The Labute approximate surface area is 173 Å². The summed E-state index contributed by atoms with van der Waals surface area (Å²) in [7, 11) is -3.79. The Balaban J connectivity index is 3.05. The maximum atomic E-state index is 11.0. The van der Waals surface area contributed by atoms with Crippen molar-refractivity contribution in [3.05, 3.63) is 39.9 Å². The first-order valence-electron chi connectivity index (χ1n) is 10.0. The van der Waals surface area contributed by atoms with Crippen molar-refractivity contribution in [1.82, 2.24) is 0 Å². The Morgan fingerprint density at radius 2 is 1.21 bits per heavy atom. The summed E-state index contributed by atoms with van der Waals surface area (Å²) in [6, 6.07) is 6.82. The van der Waals surface area contributed by atoms with E-state index in [4.69, 9.17) is 8.85 Å². The lowest BCUT2D eigenvalue weighted by Crippen LogP contribution is -2.44. The molecule has 1 aromatic rings. The van der Waals surface area contributed by atoms with Crippen molar-refractivity contribution in [2.24, 2.45) is 0 Å². The van der Waals surface area contributed by atoms with E-state index in [0.717, 1.165) is 5.56 Å². The van der Waals surface area contributed by atoms with Gasteiger partial charge in [0.2, 0.25) is 0 Å². The van der Waals surface area contributed by atoms with Crippen LogP contribution in [0.5, 0.6) is 0 Å². The lowest BCUT2D eigenvalue weighted by atomic mass is 10.0. The molecule has 0 spiro atoms. The Morgan fingerprint density at radius 3 is 1.50 bits per heavy atom. The number of benzene rings is 1. The summed E-state index contributed by atoms with van der Waals surface area (Å²) >= 11 is 0. The van der Waals surface area contributed by atoms with Crippen LogP contribution in [0.15, 0.2) is 24.3 Å². The van der Waals surface area contributed by atoms with Crippen LogP contribution in [0.3, 0.4) is 0 Å². The predicted molar refractivity (Wildman–Crippen MR) is 122 cm³/mol. The fraction of sp³-hybridized carbons (Fsp3) is 0.714. The van der Waals surface area contributed by atoms with Gasteiger partial charge in [-0.25, -0.2) is 0 Å². The van der Waals surface area contributed by atoms with Crippen LogP contribution in [-0.2, 0) is 8.85 Å². The molecule has 0 aromatic heterocycles. The zero-order valence-corrected chi connectivity index (χ0v) is 21.4. The number of non-ortho nitro benzene ring substituents is 1. The maximum absolute atomic E-state index is 11.0. The summed E-state index contributed by atoms with van der Waals surface area (Å²) < 4.78 is 13.0. The lowest BCUT2D eigenvalue weighted by molar-refractivity contribution is -0.384. The summed E-state index contributed by atoms with van der Waals surface area (Å²) in [6.07, 6.45) is 0. The zero-order chi connectivity index (χ0) is 22.0. The van der Waals surface area contributed by atoms with Crippen molar-refractivity contribution >= 4 is 22.3 Å². The second kappa shape index (κ2) is 8.77. The summed E-state index contributed by atoms with van der Waals surface area (Å²) in [5, 5.41) is 11.2. The van der Waals surface area contributed by atoms with Crippen LogP contribution < -0.4 is 0 Å². The smallest absolute Gasteiger partial charge is 0.269 e. The monoisotopic (exact) mass is 425 g/mol. The molecule has 28 heavy (non-hydrogen) atoms. The van der Waals surface area contributed by atoms with E-state index in [1.54, 1.807) is 12.1 Å². The van der Waals surface area contributed by atoms with Crippen molar-refractivity contribution < 1.29 is 13.8 Å². The van der Waals surface area contributed by atoms with Gasteiger partial charge in [0, 0.05) is 31.3 Å². The first-order valence-corrected chi connectivity index (χ1v) is 15.8. The molecule has 0 aliphatic heterocycles. The third-order valence-corrected chi connectivity index (χ3v) is 15.5. The van der Waals surface area contributed by atoms with Gasteiger partial charge in [0.1, 0.15) is 0 Å². The molecule has 0 saturated heterocycles. The first kappa shape index (κ1) is 25.0. The van der Waals surface area contributed by atoms with Crippen LogP contribution in [0.4, 0.5) is 5.69 Å². The molecule has 0 atom stereocenters. The van der Waals surface area contributed by atoms with Crippen LogP contribution in [0.1, 0.15) is 53.0 Å². The number of nitrogens with zero attached hydrogens (tertiary/aromatic N) is 1. The molecule has 0 bridgehead atoms.